The van der Waals surface area contributed by atoms with Crippen molar-refractivity contribution in [3.63, 3.8) is 0 Å². The van der Waals surface area contributed by atoms with Crippen molar-refractivity contribution in [2.45, 2.75) is 39.7 Å². The molecular formula is C13H19N3O2S. The van der Waals surface area contributed by atoms with Gasteiger partial charge >= 0.3 is 0 Å². The topological polar surface area (TPSA) is 62.3 Å². The predicted octanol–water partition coefficient (Wildman–Crippen LogP) is 2.08. The number of rotatable bonds is 4. The number of aromatic nitrogens is 1. The average molecular weight is 281 g/mol. The molecule has 1 aromatic rings. The van der Waals surface area contributed by atoms with E-state index in [1.807, 2.05) is 18.7 Å². The number of hydrogen-bond donors (Lipinski definition) is 1. The Hall–Kier alpha value is -1.43. The third-order valence-corrected chi connectivity index (χ3v) is 4.22. The van der Waals surface area contributed by atoms with E-state index in [4.69, 9.17) is 0 Å². The van der Waals surface area contributed by atoms with Crippen LogP contribution in [0.2, 0.25) is 0 Å². The molecule has 1 N–H and O–H groups in total. The zero-order valence-electron chi connectivity index (χ0n) is 11.5. The maximum atomic E-state index is 12.2. The van der Waals surface area contributed by atoms with Crippen molar-refractivity contribution >= 4 is 28.2 Å². The molecule has 1 atom stereocenters. The molecule has 1 aliphatic heterocycles. The Morgan fingerprint density at radius 2 is 2.00 bits per heavy atom. The van der Waals surface area contributed by atoms with Crippen LogP contribution in [0, 0.1) is 6.92 Å². The molecule has 1 unspecified atom stereocenters. The van der Waals surface area contributed by atoms with Crippen molar-refractivity contribution in [3.8, 4) is 0 Å². The first kappa shape index (κ1) is 14.0. The minimum absolute atomic E-state index is 0.0189. The van der Waals surface area contributed by atoms with Crippen molar-refractivity contribution in [2.75, 3.05) is 18.4 Å². The van der Waals surface area contributed by atoms with Gasteiger partial charge in [-0.2, -0.15) is 4.37 Å². The number of Topliss-reactive ketones (excluding diaryl/α,β-unsaturated/α-hetero) is 1. The monoisotopic (exact) mass is 281 g/mol. The third kappa shape index (κ3) is 2.94. The van der Waals surface area contributed by atoms with E-state index in [0.717, 1.165) is 31.6 Å². The summed E-state index contributed by atoms with van der Waals surface area (Å²) in [5.74, 6) is 0.0765. The molecule has 0 bridgehead atoms. The molecule has 1 amide bonds. The van der Waals surface area contributed by atoms with Gasteiger partial charge in [0.05, 0.1) is 11.3 Å². The molecule has 1 fully saturated rings. The van der Waals surface area contributed by atoms with Gasteiger partial charge in [-0.15, -0.1) is 0 Å². The maximum absolute atomic E-state index is 12.2. The quantitative estimate of drug-likeness (QED) is 0.858. The van der Waals surface area contributed by atoms with Crippen LogP contribution in [-0.2, 0) is 4.79 Å². The number of ketones is 1. The molecule has 2 heterocycles. The van der Waals surface area contributed by atoms with E-state index in [2.05, 4.69) is 9.69 Å². The van der Waals surface area contributed by atoms with E-state index in [0.29, 0.717) is 10.6 Å². The smallest absolute Gasteiger partial charge is 0.244 e. The number of likely N-dealkylation sites (tertiary alicyclic amines) is 1. The van der Waals surface area contributed by atoms with Crippen LogP contribution in [0.3, 0.4) is 0 Å². The standard InChI is InChI=1S/C13H19N3O2S/c1-8-11(10(3)17)12(19-15-8)14-9(2)13(18)16-6-4-5-7-16/h9,14H,4-7H2,1-3H3. The van der Waals surface area contributed by atoms with Crippen molar-refractivity contribution in [1.82, 2.24) is 9.27 Å². The van der Waals surface area contributed by atoms with E-state index in [9.17, 15) is 9.59 Å². The lowest BCUT2D eigenvalue weighted by atomic mass is 10.1. The Balaban J connectivity index is 2.08. The molecule has 1 aromatic heterocycles. The van der Waals surface area contributed by atoms with Gasteiger partial charge in [-0.3, -0.25) is 9.59 Å². The van der Waals surface area contributed by atoms with Gasteiger partial charge in [0.15, 0.2) is 5.78 Å². The highest BCUT2D eigenvalue weighted by atomic mass is 32.1. The zero-order chi connectivity index (χ0) is 14.0. The van der Waals surface area contributed by atoms with Gasteiger partial charge in [0.25, 0.3) is 0 Å². The molecule has 1 aliphatic rings. The Kier molecular flexibility index (Phi) is 4.19. The average Bonchev–Trinajstić information content (AvgIpc) is 2.97. The minimum Gasteiger partial charge on any atom is -0.364 e. The maximum Gasteiger partial charge on any atom is 0.244 e. The SMILES string of the molecule is CC(=O)c1c(C)nsc1NC(C)C(=O)N1CCCC1. The first-order chi connectivity index (χ1) is 9.00. The highest BCUT2D eigenvalue weighted by Gasteiger charge is 2.25. The minimum atomic E-state index is -0.323. The molecule has 2 rings (SSSR count). The molecule has 1 saturated heterocycles. The Bertz CT molecular complexity index is 492. The zero-order valence-corrected chi connectivity index (χ0v) is 12.3. The number of carbonyl (C=O) groups is 2. The largest absolute Gasteiger partial charge is 0.364 e. The van der Waals surface area contributed by atoms with Crippen LogP contribution in [-0.4, -0.2) is 40.1 Å². The van der Waals surface area contributed by atoms with Gasteiger partial charge in [-0.25, -0.2) is 0 Å². The highest BCUT2D eigenvalue weighted by Crippen LogP contribution is 2.26. The summed E-state index contributed by atoms with van der Waals surface area (Å²) in [5.41, 5.74) is 1.33. The molecule has 6 heteroatoms. The van der Waals surface area contributed by atoms with Gasteiger partial charge < -0.3 is 10.2 Å². The summed E-state index contributed by atoms with van der Waals surface area (Å²) in [4.78, 5) is 25.7. The van der Waals surface area contributed by atoms with Crippen molar-refractivity contribution in [3.05, 3.63) is 11.3 Å². The molecule has 0 spiro atoms. The fraction of sp³-hybridized carbons (Fsp3) is 0.615. The number of aryl methyl sites for hydroxylation is 1. The van der Waals surface area contributed by atoms with Crippen molar-refractivity contribution in [1.29, 1.82) is 0 Å². The van der Waals surface area contributed by atoms with Gasteiger partial charge in [-0.05, 0) is 45.1 Å². The molecule has 0 radical (unpaired) electrons. The number of carbonyl (C=O) groups excluding carboxylic acids is 2. The van der Waals surface area contributed by atoms with Gasteiger partial charge in [0.1, 0.15) is 11.0 Å². The number of nitrogens with zero attached hydrogens (tertiary/aromatic N) is 2. The molecule has 0 saturated carbocycles. The van der Waals surface area contributed by atoms with Gasteiger partial charge in [-0.1, -0.05) is 0 Å². The van der Waals surface area contributed by atoms with Crippen LogP contribution >= 0.6 is 11.5 Å². The Morgan fingerprint density at radius 3 is 2.58 bits per heavy atom. The van der Waals surface area contributed by atoms with E-state index in [1.54, 1.807) is 0 Å². The second kappa shape index (κ2) is 5.69. The van der Waals surface area contributed by atoms with Crippen molar-refractivity contribution < 1.29 is 9.59 Å². The van der Waals surface area contributed by atoms with Crippen LogP contribution in [0.25, 0.3) is 0 Å². The lowest BCUT2D eigenvalue weighted by molar-refractivity contribution is -0.130. The van der Waals surface area contributed by atoms with E-state index in [-0.39, 0.29) is 17.7 Å². The molecule has 0 aliphatic carbocycles. The summed E-state index contributed by atoms with van der Waals surface area (Å²) in [6.07, 6.45) is 2.16. The summed E-state index contributed by atoms with van der Waals surface area (Å²) in [6, 6.07) is -0.323. The second-order valence-corrected chi connectivity index (χ2v) is 5.70. The highest BCUT2D eigenvalue weighted by molar-refractivity contribution is 7.10. The summed E-state index contributed by atoms with van der Waals surface area (Å²) >= 11 is 1.24. The fourth-order valence-corrected chi connectivity index (χ4v) is 3.28. The van der Waals surface area contributed by atoms with Crippen LogP contribution in [0.4, 0.5) is 5.00 Å². The summed E-state index contributed by atoms with van der Waals surface area (Å²) in [6.45, 7) is 6.85. The number of anilines is 1. The third-order valence-electron chi connectivity index (χ3n) is 3.35. The van der Waals surface area contributed by atoms with Crippen LogP contribution in [0.1, 0.15) is 42.7 Å². The van der Waals surface area contributed by atoms with E-state index >= 15 is 0 Å². The van der Waals surface area contributed by atoms with Crippen LogP contribution in [0.5, 0.6) is 0 Å². The molecule has 104 valence electrons. The van der Waals surface area contributed by atoms with Crippen LogP contribution in [0.15, 0.2) is 0 Å². The number of nitrogens with one attached hydrogen (secondary N) is 1. The number of hydrogen-bond acceptors (Lipinski definition) is 5. The molecule has 19 heavy (non-hydrogen) atoms. The Morgan fingerprint density at radius 1 is 1.37 bits per heavy atom. The normalized spacial score (nSPS) is 16.5. The van der Waals surface area contributed by atoms with Crippen molar-refractivity contribution in [2.24, 2.45) is 0 Å². The fourth-order valence-electron chi connectivity index (χ4n) is 2.35. The lowest BCUT2D eigenvalue weighted by Crippen LogP contribution is -2.39. The summed E-state index contributed by atoms with van der Waals surface area (Å²) < 4.78 is 4.18. The second-order valence-electron chi connectivity index (χ2n) is 4.93. The lowest BCUT2D eigenvalue weighted by Gasteiger charge is -2.21. The molecule has 5 nitrogen and oxygen atoms in total. The van der Waals surface area contributed by atoms with E-state index in [1.165, 1.54) is 18.5 Å². The van der Waals surface area contributed by atoms with Gasteiger partial charge in [0.2, 0.25) is 5.91 Å². The predicted molar refractivity (Wildman–Crippen MR) is 75.8 cm³/mol. The van der Waals surface area contributed by atoms with Gasteiger partial charge in [0, 0.05) is 13.1 Å². The number of amides is 1. The van der Waals surface area contributed by atoms with E-state index < -0.39 is 0 Å². The summed E-state index contributed by atoms with van der Waals surface area (Å²) in [7, 11) is 0. The molecule has 0 aromatic carbocycles. The first-order valence-electron chi connectivity index (χ1n) is 6.53. The molecular weight excluding hydrogens is 262 g/mol. The Labute approximate surface area is 117 Å². The van der Waals surface area contributed by atoms with Crippen LogP contribution < -0.4 is 5.32 Å². The summed E-state index contributed by atoms with van der Waals surface area (Å²) in [5, 5.41) is 3.83. The first-order valence-corrected chi connectivity index (χ1v) is 7.30.